The van der Waals surface area contributed by atoms with Crippen LogP contribution in [0.5, 0.6) is 0 Å². The molecule has 1 amide bonds. The highest BCUT2D eigenvalue weighted by Gasteiger charge is 2.17. The molecule has 2 aromatic rings. The molecule has 1 N–H and O–H groups in total. The fraction of sp³-hybridized carbons (Fsp3) is 0.429. The van der Waals surface area contributed by atoms with Crippen molar-refractivity contribution in [1.82, 2.24) is 9.47 Å². The summed E-state index contributed by atoms with van der Waals surface area (Å²) in [5.74, 6) is -0.838. The van der Waals surface area contributed by atoms with E-state index in [4.69, 9.17) is 14.3 Å². The van der Waals surface area contributed by atoms with Crippen molar-refractivity contribution in [1.29, 1.82) is 0 Å². The van der Waals surface area contributed by atoms with Gasteiger partial charge in [0, 0.05) is 20.2 Å². The van der Waals surface area contributed by atoms with E-state index in [2.05, 4.69) is 0 Å². The van der Waals surface area contributed by atoms with Crippen LogP contribution in [0.25, 0.3) is 11.1 Å². The summed E-state index contributed by atoms with van der Waals surface area (Å²) in [7, 11) is 1.54. The summed E-state index contributed by atoms with van der Waals surface area (Å²) in [5, 5.41) is 9.02. The monoisotopic (exact) mass is 294 g/mol. The third-order valence-corrected chi connectivity index (χ3v) is 3.16. The zero-order valence-electron chi connectivity index (χ0n) is 11.8. The SMILES string of the molecule is COCCN(CCO)C(=O)Cn1c(=O)oc2ccccc21. The maximum atomic E-state index is 12.3. The lowest BCUT2D eigenvalue weighted by Gasteiger charge is -2.21. The predicted octanol–water partition coefficient (Wildman–Crippen LogP) is 0.0618. The molecule has 1 aromatic heterocycles. The van der Waals surface area contributed by atoms with Crippen LogP contribution >= 0.6 is 0 Å². The van der Waals surface area contributed by atoms with Crippen molar-refractivity contribution < 1.29 is 19.1 Å². The molecule has 1 heterocycles. The van der Waals surface area contributed by atoms with Crippen molar-refractivity contribution >= 4 is 17.0 Å². The normalized spacial score (nSPS) is 11.0. The minimum atomic E-state index is -0.569. The molecule has 0 atom stereocenters. The smallest absolute Gasteiger partial charge is 0.408 e. The van der Waals surface area contributed by atoms with E-state index in [-0.39, 0.29) is 25.6 Å². The number of aliphatic hydroxyl groups excluding tert-OH is 1. The van der Waals surface area contributed by atoms with Gasteiger partial charge in [0.15, 0.2) is 5.58 Å². The Bertz CT molecular complexity index is 661. The maximum absolute atomic E-state index is 12.3. The molecule has 1 aromatic carbocycles. The van der Waals surface area contributed by atoms with Crippen LogP contribution in [-0.2, 0) is 16.1 Å². The van der Waals surface area contributed by atoms with E-state index in [1.807, 2.05) is 0 Å². The summed E-state index contributed by atoms with van der Waals surface area (Å²) in [5.41, 5.74) is 1.02. The second-order valence-electron chi connectivity index (χ2n) is 4.52. The molecule has 0 saturated carbocycles. The van der Waals surface area contributed by atoms with E-state index in [1.165, 1.54) is 16.6 Å². The van der Waals surface area contributed by atoms with Crippen LogP contribution in [0.4, 0.5) is 0 Å². The molecule has 0 spiro atoms. The van der Waals surface area contributed by atoms with Crippen molar-refractivity contribution in [2.45, 2.75) is 6.54 Å². The van der Waals surface area contributed by atoms with Gasteiger partial charge in [0.1, 0.15) is 6.54 Å². The van der Waals surface area contributed by atoms with Gasteiger partial charge >= 0.3 is 5.76 Å². The van der Waals surface area contributed by atoms with Crippen LogP contribution < -0.4 is 5.76 Å². The van der Waals surface area contributed by atoms with Gasteiger partial charge in [-0.15, -0.1) is 0 Å². The van der Waals surface area contributed by atoms with E-state index in [0.717, 1.165) is 0 Å². The number of benzene rings is 1. The fourth-order valence-electron chi connectivity index (χ4n) is 2.08. The number of aliphatic hydroxyl groups is 1. The summed E-state index contributed by atoms with van der Waals surface area (Å²) in [4.78, 5) is 25.5. The second-order valence-corrected chi connectivity index (χ2v) is 4.52. The van der Waals surface area contributed by atoms with Crippen molar-refractivity contribution in [2.75, 3.05) is 33.4 Å². The molecule has 0 aliphatic heterocycles. The van der Waals surface area contributed by atoms with Gasteiger partial charge in [-0.2, -0.15) is 0 Å². The Hall–Kier alpha value is -2.12. The molecule has 114 valence electrons. The number of amides is 1. The Morgan fingerprint density at radius 1 is 1.38 bits per heavy atom. The van der Waals surface area contributed by atoms with E-state index in [9.17, 15) is 9.59 Å². The minimum Gasteiger partial charge on any atom is -0.408 e. The van der Waals surface area contributed by atoms with Gasteiger partial charge in [-0.3, -0.25) is 9.36 Å². The number of rotatable bonds is 7. The first-order valence-corrected chi connectivity index (χ1v) is 6.63. The van der Waals surface area contributed by atoms with Gasteiger partial charge in [0.05, 0.1) is 18.7 Å². The molecule has 0 fully saturated rings. The molecule has 0 unspecified atom stereocenters. The summed E-state index contributed by atoms with van der Waals surface area (Å²) in [6, 6.07) is 6.93. The Morgan fingerprint density at radius 3 is 2.86 bits per heavy atom. The number of hydrogen-bond acceptors (Lipinski definition) is 5. The topological polar surface area (TPSA) is 84.9 Å². The van der Waals surface area contributed by atoms with Crippen molar-refractivity contribution in [2.24, 2.45) is 0 Å². The quantitative estimate of drug-likeness (QED) is 0.780. The number of carbonyl (C=O) groups is 1. The zero-order chi connectivity index (χ0) is 15.2. The van der Waals surface area contributed by atoms with Crippen molar-refractivity contribution in [3.8, 4) is 0 Å². The zero-order valence-corrected chi connectivity index (χ0v) is 11.8. The number of oxazole rings is 1. The number of nitrogens with zero attached hydrogens (tertiary/aromatic N) is 2. The highest BCUT2D eigenvalue weighted by Crippen LogP contribution is 2.11. The third kappa shape index (κ3) is 3.50. The van der Waals surface area contributed by atoms with Crippen LogP contribution in [0.1, 0.15) is 0 Å². The summed E-state index contributed by atoms with van der Waals surface area (Å²) in [6.45, 7) is 0.663. The first kappa shape index (κ1) is 15.3. The first-order valence-electron chi connectivity index (χ1n) is 6.63. The van der Waals surface area contributed by atoms with Crippen molar-refractivity contribution in [3.05, 3.63) is 34.8 Å². The highest BCUT2D eigenvalue weighted by atomic mass is 16.5. The maximum Gasteiger partial charge on any atom is 0.420 e. The molecule has 0 aliphatic carbocycles. The minimum absolute atomic E-state index is 0.125. The first-order chi connectivity index (χ1) is 10.2. The van der Waals surface area contributed by atoms with Gasteiger partial charge < -0.3 is 19.2 Å². The summed E-state index contributed by atoms with van der Waals surface area (Å²) in [6.07, 6.45) is 0. The average molecular weight is 294 g/mol. The van der Waals surface area contributed by atoms with Crippen LogP contribution in [0.3, 0.4) is 0 Å². The van der Waals surface area contributed by atoms with Gasteiger partial charge in [-0.25, -0.2) is 4.79 Å². The molecule has 21 heavy (non-hydrogen) atoms. The number of fused-ring (bicyclic) bond motifs is 1. The Labute approximate surface area is 121 Å². The molecular formula is C14H18N2O5. The molecule has 0 aliphatic rings. The van der Waals surface area contributed by atoms with Crippen molar-refractivity contribution in [3.63, 3.8) is 0 Å². The highest BCUT2D eigenvalue weighted by molar-refractivity contribution is 5.79. The molecule has 0 saturated heterocycles. The van der Waals surface area contributed by atoms with Crippen LogP contribution in [0.15, 0.2) is 33.5 Å². The molecular weight excluding hydrogens is 276 g/mol. The van der Waals surface area contributed by atoms with E-state index >= 15 is 0 Å². The molecule has 0 bridgehead atoms. The third-order valence-electron chi connectivity index (χ3n) is 3.16. The standard InChI is InChI=1S/C14H18N2O5/c1-20-9-7-15(6-8-17)13(18)10-16-11-4-2-3-5-12(11)21-14(16)19/h2-5,17H,6-10H2,1H3. The Balaban J connectivity index is 2.19. The molecule has 7 nitrogen and oxygen atoms in total. The Kier molecular flexibility index (Phi) is 5.13. The lowest BCUT2D eigenvalue weighted by molar-refractivity contribution is -0.133. The van der Waals surface area contributed by atoms with Crippen LogP contribution in [-0.4, -0.2) is 53.9 Å². The Morgan fingerprint density at radius 2 is 2.14 bits per heavy atom. The largest absolute Gasteiger partial charge is 0.420 e. The average Bonchev–Trinajstić information content (AvgIpc) is 2.79. The van der Waals surface area contributed by atoms with Crippen LogP contribution in [0.2, 0.25) is 0 Å². The number of para-hydroxylation sites is 2. The van der Waals surface area contributed by atoms with Crippen LogP contribution in [0, 0.1) is 0 Å². The fourth-order valence-corrected chi connectivity index (χ4v) is 2.08. The molecule has 7 heteroatoms. The number of methoxy groups -OCH3 is 1. The van der Waals surface area contributed by atoms with Gasteiger partial charge in [-0.05, 0) is 12.1 Å². The predicted molar refractivity (Wildman–Crippen MR) is 76.0 cm³/mol. The van der Waals surface area contributed by atoms with E-state index in [1.54, 1.807) is 24.3 Å². The number of ether oxygens (including phenoxy) is 1. The summed E-state index contributed by atoms with van der Waals surface area (Å²) >= 11 is 0. The lowest BCUT2D eigenvalue weighted by atomic mass is 10.3. The number of carbonyl (C=O) groups excluding carboxylic acids is 1. The number of hydrogen-bond donors (Lipinski definition) is 1. The van der Waals surface area contributed by atoms with E-state index in [0.29, 0.717) is 24.3 Å². The number of aromatic nitrogens is 1. The summed E-state index contributed by atoms with van der Waals surface area (Å²) < 4.78 is 11.3. The lowest BCUT2D eigenvalue weighted by Crippen LogP contribution is -2.39. The molecule has 2 rings (SSSR count). The van der Waals surface area contributed by atoms with Gasteiger partial charge in [0.25, 0.3) is 0 Å². The second kappa shape index (κ2) is 7.05. The van der Waals surface area contributed by atoms with Gasteiger partial charge in [-0.1, -0.05) is 12.1 Å². The van der Waals surface area contributed by atoms with Gasteiger partial charge in [0.2, 0.25) is 5.91 Å². The molecule has 0 radical (unpaired) electrons. The van der Waals surface area contributed by atoms with E-state index < -0.39 is 5.76 Å².